The predicted octanol–water partition coefficient (Wildman–Crippen LogP) is 0.195. The molecule has 8 heteroatoms. The van der Waals surface area contributed by atoms with Crippen molar-refractivity contribution in [3.63, 3.8) is 0 Å². The fourth-order valence-electron chi connectivity index (χ4n) is 3.13. The highest BCUT2D eigenvalue weighted by Gasteiger charge is 2.21. The molecule has 1 aliphatic heterocycles. The molecule has 0 unspecified atom stereocenters. The third-order valence-electron chi connectivity index (χ3n) is 4.24. The molecule has 2 N–H and O–H groups in total. The number of imidazole rings is 1. The second-order valence-corrected chi connectivity index (χ2v) is 5.61. The van der Waals surface area contributed by atoms with Crippen molar-refractivity contribution in [1.82, 2.24) is 29.4 Å². The zero-order valence-corrected chi connectivity index (χ0v) is 12.4. The van der Waals surface area contributed by atoms with Gasteiger partial charge in [-0.25, -0.2) is 14.3 Å². The normalized spacial score (nSPS) is 16.0. The smallest absolute Gasteiger partial charge is 0.317 e. The van der Waals surface area contributed by atoms with Gasteiger partial charge in [-0.15, -0.1) is 0 Å². The standard InChI is InChI=1S/C15H16N6O2/c22-13-12-14(20(9-18-12)10-1-5-16-6-2-10)21(15(23)19-13)11-3-7-17-8-4-11/h3-4,7-10,16H,1-2,5-6H2,(H,19,22,23). The summed E-state index contributed by atoms with van der Waals surface area (Å²) in [4.78, 5) is 35.1. The minimum absolute atomic E-state index is 0.218. The average Bonchev–Trinajstić information content (AvgIpc) is 3.02. The fourth-order valence-corrected chi connectivity index (χ4v) is 3.13. The second kappa shape index (κ2) is 5.47. The Hall–Kier alpha value is -2.74. The number of hydrogen-bond donors (Lipinski definition) is 2. The lowest BCUT2D eigenvalue weighted by atomic mass is 10.1. The molecule has 0 aliphatic carbocycles. The molecule has 23 heavy (non-hydrogen) atoms. The third-order valence-corrected chi connectivity index (χ3v) is 4.24. The predicted molar refractivity (Wildman–Crippen MR) is 84.9 cm³/mol. The number of rotatable bonds is 2. The van der Waals surface area contributed by atoms with Gasteiger partial charge in [0.15, 0.2) is 11.2 Å². The molecule has 3 aromatic rings. The van der Waals surface area contributed by atoms with E-state index < -0.39 is 11.2 Å². The van der Waals surface area contributed by atoms with Crippen LogP contribution in [0.4, 0.5) is 0 Å². The van der Waals surface area contributed by atoms with E-state index in [-0.39, 0.29) is 11.6 Å². The van der Waals surface area contributed by atoms with Crippen molar-refractivity contribution in [3.05, 3.63) is 51.7 Å². The Morgan fingerprint density at radius 3 is 2.61 bits per heavy atom. The molecule has 0 spiro atoms. The first-order valence-electron chi connectivity index (χ1n) is 7.58. The summed E-state index contributed by atoms with van der Waals surface area (Å²) in [7, 11) is 0. The van der Waals surface area contributed by atoms with E-state index >= 15 is 0 Å². The summed E-state index contributed by atoms with van der Waals surface area (Å²) in [6.07, 6.45) is 6.76. The Labute approximate surface area is 130 Å². The summed E-state index contributed by atoms with van der Waals surface area (Å²) >= 11 is 0. The van der Waals surface area contributed by atoms with Gasteiger partial charge in [0, 0.05) is 18.4 Å². The first kappa shape index (κ1) is 13.9. The van der Waals surface area contributed by atoms with E-state index in [1.165, 1.54) is 4.57 Å². The molecule has 118 valence electrons. The van der Waals surface area contributed by atoms with Crippen molar-refractivity contribution < 1.29 is 0 Å². The van der Waals surface area contributed by atoms with Crippen LogP contribution >= 0.6 is 0 Å². The molecule has 0 bridgehead atoms. The van der Waals surface area contributed by atoms with Crippen molar-refractivity contribution in [2.24, 2.45) is 0 Å². The summed E-state index contributed by atoms with van der Waals surface area (Å²) < 4.78 is 3.45. The van der Waals surface area contributed by atoms with E-state index in [1.54, 1.807) is 30.9 Å². The summed E-state index contributed by atoms with van der Waals surface area (Å²) in [6, 6.07) is 3.69. The van der Waals surface area contributed by atoms with Crippen LogP contribution in [0.25, 0.3) is 16.9 Å². The highest BCUT2D eigenvalue weighted by atomic mass is 16.2. The third kappa shape index (κ3) is 2.27. The van der Waals surface area contributed by atoms with Gasteiger partial charge < -0.3 is 9.88 Å². The number of aromatic amines is 1. The van der Waals surface area contributed by atoms with Crippen LogP contribution in [0.15, 0.2) is 40.4 Å². The molecule has 0 radical (unpaired) electrons. The van der Waals surface area contributed by atoms with Crippen LogP contribution in [0.1, 0.15) is 18.9 Å². The largest absolute Gasteiger partial charge is 0.334 e. The molecule has 0 atom stereocenters. The van der Waals surface area contributed by atoms with Gasteiger partial charge in [-0.2, -0.15) is 0 Å². The molecule has 1 saturated heterocycles. The Bertz CT molecular complexity index is 949. The quantitative estimate of drug-likeness (QED) is 0.704. The number of nitrogens with one attached hydrogen (secondary N) is 2. The van der Waals surface area contributed by atoms with Gasteiger partial charge in [0.1, 0.15) is 0 Å². The van der Waals surface area contributed by atoms with Crippen LogP contribution in [-0.2, 0) is 0 Å². The van der Waals surface area contributed by atoms with E-state index in [9.17, 15) is 9.59 Å². The van der Waals surface area contributed by atoms with Gasteiger partial charge in [-0.05, 0) is 38.1 Å². The van der Waals surface area contributed by atoms with Crippen LogP contribution in [0, 0.1) is 0 Å². The Morgan fingerprint density at radius 2 is 1.87 bits per heavy atom. The molecule has 4 heterocycles. The van der Waals surface area contributed by atoms with Crippen molar-refractivity contribution in [1.29, 1.82) is 0 Å². The van der Waals surface area contributed by atoms with E-state index in [1.807, 2.05) is 4.57 Å². The maximum atomic E-state index is 12.4. The number of fused-ring (bicyclic) bond motifs is 1. The maximum absolute atomic E-state index is 12.4. The average molecular weight is 312 g/mol. The topological polar surface area (TPSA) is 97.6 Å². The van der Waals surface area contributed by atoms with Gasteiger partial charge in [0.2, 0.25) is 0 Å². The minimum Gasteiger partial charge on any atom is -0.317 e. The van der Waals surface area contributed by atoms with Crippen LogP contribution in [0.3, 0.4) is 0 Å². The molecule has 0 amide bonds. The van der Waals surface area contributed by atoms with Gasteiger partial charge >= 0.3 is 5.69 Å². The van der Waals surface area contributed by atoms with Crippen molar-refractivity contribution >= 4 is 11.2 Å². The van der Waals surface area contributed by atoms with Crippen molar-refractivity contribution in [3.8, 4) is 5.69 Å². The Kier molecular flexibility index (Phi) is 3.30. The van der Waals surface area contributed by atoms with E-state index in [0.717, 1.165) is 25.9 Å². The van der Waals surface area contributed by atoms with Crippen LogP contribution in [0.5, 0.6) is 0 Å². The van der Waals surface area contributed by atoms with E-state index in [0.29, 0.717) is 11.3 Å². The lowest BCUT2D eigenvalue weighted by Crippen LogP contribution is -2.33. The first-order chi connectivity index (χ1) is 11.3. The summed E-state index contributed by atoms with van der Waals surface area (Å²) in [6.45, 7) is 1.82. The molecule has 1 fully saturated rings. The van der Waals surface area contributed by atoms with Gasteiger partial charge in [0.05, 0.1) is 12.0 Å². The van der Waals surface area contributed by atoms with Crippen molar-refractivity contribution in [2.45, 2.75) is 18.9 Å². The highest BCUT2D eigenvalue weighted by molar-refractivity contribution is 5.72. The number of piperidine rings is 1. The molecular formula is C15H16N6O2. The SMILES string of the molecule is O=c1[nH]c(=O)n(-c2ccncc2)c2c1ncn2C1CCNCC1. The lowest BCUT2D eigenvalue weighted by molar-refractivity contribution is 0.372. The fraction of sp³-hybridized carbons (Fsp3) is 0.333. The Morgan fingerprint density at radius 1 is 1.13 bits per heavy atom. The van der Waals surface area contributed by atoms with Gasteiger partial charge in [-0.3, -0.25) is 14.8 Å². The van der Waals surface area contributed by atoms with Gasteiger partial charge in [-0.1, -0.05) is 0 Å². The molecule has 8 nitrogen and oxygen atoms in total. The summed E-state index contributed by atoms with van der Waals surface area (Å²) in [5.41, 5.74) is 0.547. The number of nitrogens with zero attached hydrogens (tertiary/aromatic N) is 4. The van der Waals surface area contributed by atoms with Crippen LogP contribution < -0.4 is 16.6 Å². The van der Waals surface area contributed by atoms with Gasteiger partial charge in [0.25, 0.3) is 5.56 Å². The minimum atomic E-state index is -0.468. The highest BCUT2D eigenvalue weighted by Crippen LogP contribution is 2.23. The molecule has 4 rings (SSSR count). The van der Waals surface area contributed by atoms with E-state index in [4.69, 9.17) is 0 Å². The molecule has 1 aliphatic rings. The number of aromatic nitrogens is 5. The Balaban J connectivity index is 2.03. The molecular weight excluding hydrogens is 296 g/mol. The maximum Gasteiger partial charge on any atom is 0.334 e. The van der Waals surface area contributed by atoms with Crippen LogP contribution in [0.2, 0.25) is 0 Å². The number of pyridine rings is 1. The van der Waals surface area contributed by atoms with Crippen molar-refractivity contribution in [2.75, 3.05) is 13.1 Å². The number of H-pyrrole nitrogens is 1. The number of hydrogen-bond acceptors (Lipinski definition) is 5. The molecule has 3 aromatic heterocycles. The zero-order chi connectivity index (χ0) is 15.8. The zero-order valence-electron chi connectivity index (χ0n) is 12.4. The lowest BCUT2D eigenvalue weighted by Gasteiger charge is -2.25. The summed E-state index contributed by atoms with van der Waals surface area (Å²) in [5, 5.41) is 3.32. The monoisotopic (exact) mass is 312 g/mol. The van der Waals surface area contributed by atoms with Crippen LogP contribution in [-0.4, -0.2) is 37.2 Å². The first-order valence-corrected chi connectivity index (χ1v) is 7.58. The van der Waals surface area contributed by atoms with E-state index in [2.05, 4.69) is 20.3 Å². The molecule has 0 aromatic carbocycles. The second-order valence-electron chi connectivity index (χ2n) is 5.61. The summed E-state index contributed by atoms with van der Waals surface area (Å²) in [5.74, 6) is 0. The molecule has 0 saturated carbocycles.